The van der Waals surface area contributed by atoms with Crippen molar-refractivity contribution in [3.8, 4) is 5.75 Å². The van der Waals surface area contributed by atoms with Crippen LogP contribution >= 0.6 is 0 Å². The van der Waals surface area contributed by atoms with Crippen molar-refractivity contribution in [1.82, 2.24) is 23.9 Å². The number of aryl methyl sites for hydroxylation is 1. The van der Waals surface area contributed by atoms with Crippen molar-refractivity contribution >= 4 is 16.1 Å². The Bertz CT molecular complexity index is 1040. The molecule has 1 aromatic heterocycles. The van der Waals surface area contributed by atoms with Crippen LogP contribution in [-0.2, 0) is 16.8 Å². The smallest absolute Gasteiger partial charge is 0.282 e. The Labute approximate surface area is 183 Å². The maximum atomic E-state index is 12.7. The summed E-state index contributed by atoms with van der Waals surface area (Å²) in [6.45, 7) is 2.50. The second-order valence-electron chi connectivity index (χ2n) is 7.67. The quantitative estimate of drug-likeness (QED) is 0.697. The van der Waals surface area contributed by atoms with Gasteiger partial charge in [-0.15, -0.1) is 0 Å². The van der Waals surface area contributed by atoms with E-state index < -0.39 is 16.3 Å². The van der Waals surface area contributed by atoms with Crippen molar-refractivity contribution in [2.45, 2.75) is 38.8 Å². The van der Waals surface area contributed by atoms with Crippen molar-refractivity contribution in [3.05, 3.63) is 53.1 Å². The lowest BCUT2D eigenvalue weighted by Gasteiger charge is -2.35. The highest BCUT2D eigenvalue weighted by Gasteiger charge is 2.36. The third-order valence-electron chi connectivity index (χ3n) is 5.34. The summed E-state index contributed by atoms with van der Waals surface area (Å²) in [7, 11) is 1.04. The molecule has 0 spiro atoms. The number of amides is 1. The van der Waals surface area contributed by atoms with Crippen LogP contribution in [-0.4, -0.2) is 60.7 Å². The molecule has 3 rings (SSSR count). The van der Waals surface area contributed by atoms with Gasteiger partial charge >= 0.3 is 0 Å². The van der Waals surface area contributed by atoms with Crippen LogP contribution in [0.1, 0.15) is 52.7 Å². The lowest BCUT2D eigenvalue weighted by atomic mass is 10.0. The largest absolute Gasteiger partial charge is 0.497 e. The Morgan fingerprint density at radius 2 is 2.10 bits per heavy atom. The molecule has 31 heavy (non-hydrogen) atoms. The fraction of sp³-hybridized carbons (Fsp3) is 0.476. The Kier molecular flexibility index (Phi) is 7.24. The molecule has 0 aliphatic carbocycles. The number of nitrogens with zero attached hydrogens (tertiary/aromatic N) is 4. The number of carbonyl (C=O) groups excluding carboxylic acids is 1. The van der Waals surface area contributed by atoms with Crippen LogP contribution in [0.25, 0.3) is 0 Å². The molecule has 9 nitrogen and oxygen atoms in total. The van der Waals surface area contributed by atoms with Crippen LogP contribution in [0.2, 0.25) is 0 Å². The Morgan fingerprint density at radius 1 is 1.32 bits per heavy atom. The number of rotatable bonds is 7. The number of hydrogen-bond donors (Lipinski definition) is 1. The first-order valence-corrected chi connectivity index (χ1v) is 11.6. The Balaban J connectivity index is 1.76. The van der Waals surface area contributed by atoms with E-state index in [1.54, 1.807) is 14.0 Å². The summed E-state index contributed by atoms with van der Waals surface area (Å²) >= 11 is 0. The number of ether oxygens (including phenoxy) is 1. The van der Waals surface area contributed by atoms with Gasteiger partial charge in [0.05, 0.1) is 24.4 Å². The van der Waals surface area contributed by atoms with Crippen molar-refractivity contribution < 1.29 is 17.9 Å². The molecular formula is C21H29N5O4S. The molecule has 1 amide bonds. The van der Waals surface area contributed by atoms with E-state index in [0.29, 0.717) is 36.6 Å². The summed E-state index contributed by atoms with van der Waals surface area (Å²) in [5.74, 6) is 0.862. The first-order chi connectivity index (χ1) is 14.7. The van der Waals surface area contributed by atoms with Gasteiger partial charge in [-0.1, -0.05) is 18.6 Å². The molecule has 2 aromatic rings. The summed E-state index contributed by atoms with van der Waals surface area (Å²) in [4.78, 5) is 21.5. The Morgan fingerprint density at radius 3 is 2.77 bits per heavy atom. The molecular weight excluding hydrogens is 418 g/mol. The van der Waals surface area contributed by atoms with E-state index in [1.807, 2.05) is 24.3 Å². The summed E-state index contributed by atoms with van der Waals surface area (Å²) in [5, 5.41) is 2.87. The van der Waals surface area contributed by atoms with Crippen molar-refractivity contribution in [2.75, 3.05) is 27.7 Å². The minimum atomic E-state index is -3.58. The summed E-state index contributed by atoms with van der Waals surface area (Å²) in [6, 6.07) is 7.02. The van der Waals surface area contributed by atoms with E-state index >= 15 is 0 Å². The number of piperidine rings is 1. The molecule has 2 heterocycles. The molecule has 0 radical (unpaired) electrons. The van der Waals surface area contributed by atoms with Gasteiger partial charge in [-0.25, -0.2) is 9.97 Å². The number of nitrogens with one attached hydrogen (secondary N) is 1. The first kappa shape index (κ1) is 23.1. The highest BCUT2D eigenvalue weighted by Crippen LogP contribution is 2.32. The van der Waals surface area contributed by atoms with Crippen LogP contribution in [0, 0.1) is 6.92 Å². The van der Waals surface area contributed by atoms with Gasteiger partial charge in [0.1, 0.15) is 11.6 Å². The first-order valence-electron chi connectivity index (χ1n) is 10.2. The van der Waals surface area contributed by atoms with E-state index in [2.05, 4.69) is 15.3 Å². The van der Waals surface area contributed by atoms with Gasteiger partial charge in [0.15, 0.2) is 0 Å². The van der Waals surface area contributed by atoms with Gasteiger partial charge < -0.3 is 10.1 Å². The van der Waals surface area contributed by atoms with Crippen LogP contribution < -0.4 is 10.1 Å². The molecule has 10 heteroatoms. The zero-order chi connectivity index (χ0) is 22.6. The lowest BCUT2D eigenvalue weighted by Crippen LogP contribution is -2.45. The highest BCUT2D eigenvalue weighted by molar-refractivity contribution is 7.86. The van der Waals surface area contributed by atoms with Crippen molar-refractivity contribution in [1.29, 1.82) is 0 Å². The SMILES string of the molecule is COc1cccc(CNC(=O)c2cnc(C3CCCCN3S(=O)(=O)N(C)C)nc2C)c1. The fourth-order valence-electron chi connectivity index (χ4n) is 3.58. The van der Waals surface area contributed by atoms with Gasteiger partial charge in [0.25, 0.3) is 16.1 Å². The van der Waals surface area contributed by atoms with Gasteiger partial charge in [0, 0.05) is 33.4 Å². The van der Waals surface area contributed by atoms with Crippen LogP contribution in [0.4, 0.5) is 0 Å². The van der Waals surface area contributed by atoms with Crippen LogP contribution in [0.3, 0.4) is 0 Å². The third kappa shape index (κ3) is 5.20. The molecule has 1 aromatic carbocycles. The predicted octanol–water partition coefficient (Wildman–Crippen LogP) is 2.06. The highest BCUT2D eigenvalue weighted by atomic mass is 32.2. The molecule has 168 valence electrons. The number of benzene rings is 1. The summed E-state index contributed by atoms with van der Waals surface area (Å²) in [6.07, 6.45) is 3.82. The van der Waals surface area contributed by atoms with E-state index in [-0.39, 0.29) is 5.91 Å². The fourth-order valence-corrected chi connectivity index (χ4v) is 4.88. The second-order valence-corrected chi connectivity index (χ2v) is 9.77. The lowest BCUT2D eigenvalue weighted by molar-refractivity contribution is 0.0949. The molecule has 1 aliphatic heterocycles. The zero-order valence-corrected chi connectivity index (χ0v) is 19.1. The van der Waals surface area contributed by atoms with E-state index in [9.17, 15) is 13.2 Å². The molecule has 1 saturated heterocycles. The molecule has 1 fully saturated rings. The van der Waals surface area contributed by atoms with Gasteiger partial charge in [-0.3, -0.25) is 4.79 Å². The maximum absolute atomic E-state index is 12.7. The van der Waals surface area contributed by atoms with Gasteiger partial charge in [-0.2, -0.15) is 17.0 Å². The molecule has 1 N–H and O–H groups in total. The number of hydrogen-bond acceptors (Lipinski definition) is 6. The predicted molar refractivity (Wildman–Crippen MR) is 117 cm³/mol. The van der Waals surface area contributed by atoms with Crippen molar-refractivity contribution in [2.24, 2.45) is 0 Å². The van der Waals surface area contributed by atoms with Crippen LogP contribution in [0.15, 0.2) is 30.5 Å². The van der Waals surface area contributed by atoms with Crippen molar-refractivity contribution in [3.63, 3.8) is 0 Å². The number of methoxy groups -OCH3 is 1. The molecule has 1 aliphatic rings. The van der Waals surface area contributed by atoms with Gasteiger partial charge in [0.2, 0.25) is 0 Å². The standard InChI is InChI=1S/C21H29N5O4S/c1-15-18(21(27)23-13-16-8-7-9-17(12-16)30-4)14-22-20(24-15)19-10-5-6-11-26(19)31(28,29)25(2)3/h7-9,12,14,19H,5-6,10-11,13H2,1-4H3,(H,23,27). The monoisotopic (exact) mass is 447 g/mol. The topological polar surface area (TPSA) is 105 Å². The Hall–Kier alpha value is -2.56. The average Bonchev–Trinajstić information content (AvgIpc) is 2.77. The average molecular weight is 448 g/mol. The zero-order valence-electron chi connectivity index (χ0n) is 18.3. The minimum Gasteiger partial charge on any atom is -0.497 e. The third-order valence-corrected chi connectivity index (χ3v) is 7.29. The molecule has 0 saturated carbocycles. The van der Waals surface area contributed by atoms with E-state index in [4.69, 9.17) is 4.74 Å². The molecule has 0 bridgehead atoms. The minimum absolute atomic E-state index is 0.284. The van der Waals surface area contributed by atoms with E-state index in [1.165, 1.54) is 28.9 Å². The van der Waals surface area contributed by atoms with Crippen LogP contribution in [0.5, 0.6) is 5.75 Å². The summed E-state index contributed by atoms with van der Waals surface area (Å²) in [5.41, 5.74) is 1.79. The summed E-state index contributed by atoms with van der Waals surface area (Å²) < 4.78 is 33.3. The van der Waals surface area contributed by atoms with Gasteiger partial charge in [-0.05, 0) is 37.5 Å². The number of aromatic nitrogens is 2. The molecule has 1 unspecified atom stereocenters. The normalized spacial score (nSPS) is 17.5. The second kappa shape index (κ2) is 9.71. The maximum Gasteiger partial charge on any atom is 0.282 e. The number of carbonyl (C=O) groups is 1. The van der Waals surface area contributed by atoms with E-state index in [0.717, 1.165) is 24.2 Å². The molecule has 1 atom stereocenters.